The van der Waals surface area contributed by atoms with Gasteiger partial charge in [0.15, 0.2) is 0 Å². The highest BCUT2D eigenvalue weighted by Crippen LogP contribution is 2.66. The van der Waals surface area contributed by atoms with Crippen molar-refractivity contribution in [2.75, 3.05) is 11.1 Å². The molecule has 0 amide bonds. The minimum atomic E-state index is 0.752. The molecule has 0 aliphatic heterocycles. The third-order valence-corrected chi connectivity index (χ3v) is 5.17. The van der Waals surface area contributed by atoms with E-state index in [9.17, 15) is 0 Å². The van der Waals surface area contributed by atoms with Crippen molar-refractivity contribution in [3.05, 3.63) is 23.8 Å². The first kappa shape index (κ1) is 9.81. The fourth-order valence-electron chi connectivity index (χ4n) is 4.61. The average Bonchev–Trinajstić information content (AvgIpc) is 2.69. The molecule has 90 valence electrons. The molecule has 4 unspecified atom stereocenters. The quantitative estimate of drug-likeness (QED) is 0.764. The molecule has 4 atom stereocenters. The minimum absolute atomic E-state index is 0.752. The molecule has 2 bridgehead atoms. The van der Waals surface area contributed by atoms with Crippen LogP contribution in [-0.4, -0.2) is 6.04 Å². The number of hydrogen-bond donors (Lipinski definition) is 2. The van der Waals surface area contributed by atoms with Gasteiger partial charge >= 0.3 is 0 Å². The summed E-state index contributed by atoms with van der Waals surface area (Å²) in [5.74, 6) is 4.03. The predicted octanol–water partition coefficient (Wildman–Crippen LogP) is 3.03. The molecule has 3 fully saturated rings. The van der Waals surface area contributed by atoms with Crippen LogP contribution in [0.25, 0.3) is 0 Å². The van der Waals surface area contributed by atoms with Gasteiger partial charge in [0.05, 0.1) is 0 Å². The van der Waals surface area contributed by atoms with Crippen LogP contribution in [0.1, 0.15) is 24.8 Å². The van der Waals surface area contributed by atoms with Gasteiger partial charge in [-0.15, -0.1) is 0 Å². The monoisotopic (exact) mass is 228 g/mol. The largest absolute Gasteiger partial charge is 0.399 e. The van der Waals surface area contributed by atoms with Gasteiger partial charge < -0.3 is 11.1 Å². The summed E-state index contributed by atoms with van der Waals surface area (Å²) in [4.78, 5) is 0. The van der Waals surface area contributed by atoms with Crippen LogP contribution in [0.5, 0.6) is 0 Å². The third kappa shape index (κ3) is 1.39. The van der Waals surface area contributed by atoms with E-state index < -0.39 is 0 Å². The SMILES string of the molecule is Cc1cc(N)cc(NC2C3C4CCC(C4)C23)c1. The maximum absolute atomic E-state index is 5.90. The van der Waals surface area contributed by atoms with Crippen molar-refractivity contribution in [1.29, 1.82) is 0 Å². The van der Waals surface area contributed by atoms with Crippen molar-refractivity contribution in [3.63, 3.8) is 0 Å². The second-order valence-electron chi connectivity index (χ2n) is 6.29. The Kier molecular flexibility index (Phi) is 1.84. The second kappa shape index (κ2) is 3.18. The molecule has 17 heavy (non-hydrogen) atoms. The Balaban J connectivity index is 1.52. The molecule has 0 saturated heterocycles. The standard InChI is InChI=1S/C15H20N2/c1-8-4-11(16)7-12(5-8)17-15-13-9-2-3-10(6-9)14(13)15/h4-5,7,9-10,13-15,17H,2-3,6,16H2,1H3. The molecule has 0 heterocycles. The fourth-order valence-corrected chi connectivity index (χ4v) is 4.61. The molecule has 3 aliphatic carbocycles. The Morgan fingerprint density at radius 3 is 2.47 bits per heavy atom. The first-order valence-corrected chi connectivity index (χ1v) is 6.86. The highest BCUT2D eigenvalue weighted by atomic mass is 15.0. The molecule has 0 spiro atoms. The van der Waals surface area contributed by atoms with Crippen molar-refractivity contribution >= 4 is 11.4 Å². The van der Waals surface area contributed by atoms with Gasteiger partial charge in [-0.05, 0) is 73.6 Å². The first-order chi connectivity index (χ1) is 8.22. The predicted molar refractivity (Wildman–Crippen MR) is 70.8 cm³/mol. The zero-order valence-corrected chi connectivity index (χ0v) is 10.3. The van der Waals surface area contributed by atoms with Gasteiger partial charge in [0.1, 0.15) is 0 Å². The van der Waals surface area contributed by atoms with Gasteiger partial charge in [-0.3, -0.25) is 0 Å². The van der Waals surface area contributed by atoms with Crippen molar-refractivity contribution in [2.24, 2.45) is 23.7 Å². The Bertz CT molecular complexity index is 432. The van der Waals surface area contributed by atoms with E-state index in [1.807, 2.05) is 6.07 Å². The summed E-state index contributed by atoms with van der Waals surface area (Å²) in [6.07, 6.45) is 4.49. The third-order valence-electron chi connectivity index (χ3n) is 5.17. The van der Waals surface area contributed by atoms with Crippen LogP contribution in [0.15, 0.2) is 18.2 Å². The molecule has 2 heteroatoms. The van der Waals surface area contributed by atoms with Gasteiger partial charge in [0, 0.05) is 17.4 Å². The summed E-state index contributed by atoms with van der Waals surface area (Å²) in [7, 11) is 0. The van der Waals surface area contributed by atoms with Crippen LogP contribution in [-0.2, 0) is 0 Å². The molecule has 4 rings (SSSR count). The summed E-state index contributed by atoms with van der Waals surface area (Å²) in [6, 6.07) is 7.07. The number of anilines is 2. The molecule has 3 aliphatic rings. The van der Waals surface area contributed by atoms with E-state index in [4.69, 9.17) is 5.73 Å². The van der Waals surface area contributed by atoms with E-state index in [0.717, 1.165) is 35.4 Å². The highest BCUT2D eigenvalue weighted by molar-refractivity contribution is 5.58. The smallest absolute Gasteiger partial charge is 0.0365 e. The van der Waals surface area contributed by atoms with Crippen LogP contribution in [0.3, 0.4) is 0 Å². The maximum Gasteiger partial charge on any atom is 0.0365 e. The van der Waals surface area contributed by atoms with E-state index in [-0.39, 0.29) is 0 Å². The molecular formula is C15H20N2. The van der Waals surface area contributed by atoms with E-state index in [1.54, 1.807) is 0 Å². The van der Waals surface area contributed by atoms with E-state index in [2.05, 4.69) is 24.4 Å². The number of nitrogens with one attached hydrogen (secondary N) is 1. The molecule has 0 aromatic heterocycles. The Morgan fingerprint density at radius 1 is 1.12 bits per heavy atom. The Morgan fingerprint density at radius 2 is 1.82 bits per heavy atom. The number of aryl methyl sites for hydroxylation is 1. The van der Waals surface area contributed by atoms with Crippen LogP contribution >= 0.6 is 0 Å². The van der Waals surface area contributed by atoms with E-state index in [0.29, 0.717) is 0 Å². The average molecular weight is 228 g/mol. The molecular weight excluding hydrogens is 208 g/mol. The molecule has 3 N–H and O–H groups in total. The Labute approximate surface area is 103 Å². The summed E-state index contributed by atoms with van der Waals surface area (Å²) in [6.45, 7) is 2.11. The Hall–Kier alpha value is -1.18. The summed E-state index contributed by atoms with van der Waals surface area (Å²) in [5.41, 5.74) is 9.25. The molecule has 1 aromatic rings. The lowest BCUT2D eigenvalue weighted by Gasteiger charge is -2.12. The van der Waals surface area contributed by atoms with Crippen LogP contribution in [0.4, 0.5) is 11.4 Å². The lowest BCUT2D eigenvalue weighted by molar-refractivity contribution is 0.456. The van der Waals surface area contributed by atoms with Crippen molar-refractivity contribution in [2.45, 2.75) is 32.2 Å². The fraction of sp³-hybridized carbons (Fsp3) is 0.600. The maximum atomic E-state index is 5.90. The molecule has 3 saturated carbocycles. The van der Waals surface area contributed by atoms with Crippen LogP contribution < -0.4 is 11.1 Å². The first-order valence-electron chi connectivity index (χ1n) is 6.86. The zero-order chi connectivity index (χ0) is 11.6. The van der Waals surface area contributed by atoms with Crippen molar-refractivity contribution in [3.8, 4) is 0 Å². The number of nitrogen functional groups attached to an aromatic ring is 1. The molecule has 0 radical (unpaired) electrons. The number of hydrogen-bond acceptors (Lipinski definition) is 2. The van der Waals surface area contributed by atoms with Crippen LogP contribution in [0, 0.1) is 30.6 Å². The van der Waals surface area contributed by atoms with Crippen molar-refractivity contribution in [1.82, 2.24) is 0 Å². The van der Waals surface area contributed by atoms with Gasteiger partial charge in [-0.1, -0.05) is 0 Å². The summed E-state index contributed by atoms with van der Waals surface area (Å²) >= 11 is 0. The normalized spacial score (nSPS) is 41.4. The topological polar surface area (TPSA) is 38.0 Å². The van der Waals surface area contributed by atoms with Gasteiger partial charge in [-0.25, -0.2) is 0 Å². The van der Waals surface area contributed by atoms with E-state index >= 15 is 0 Å². The number of benzene rings is 1. The van der Waals surface area contributed by atoms with Crippen molar-refractivity contribution < 1.29 is 0 Å². The summed E-state index contributed by atoms with van der Waals surface area (Å²) in [5, 5.41) is 3.72. The van der Waals surface area contributed by atoms with Crippen LogP contribution in [0.2, 0.25) is 0 Å². The van der Waals surface area contributed by atoms with E-state index in [1.165, 1.54) is 30.5 Å². The number of nitrogens with two attached hydrogens (primary N) is 1. The highest BCUT2D eigenvalue weighted by Gasteiger charge is 2.64. The zero-order valence-electron chi connectivity index (χ0n) is 10.3. The van der Waals surface area contributed by atoms with Gasteiger partial charge in [0.25, 0.3) is 0 Å². The lowest BCUT2D eigenvalue weighted by atomic mass is 10.0. The number of fused-ring (bicyclic) bond motifs is 5. The number of rotatable bonds is 2. The molecule has 1 aromatic carbocycles. The van der Waals surface area contributed by atoms with Gasteiger partial charge in [0.2, 0.25) is 0 Å². The lowest BCUT2D eigenvalue weighted by Crippen LogP contribution is -2.12. The molecule has 2 nitrogen and oxygen atoms in total. The second-order valence-corrected chi connectivity index (χ2v) is 6.29. The van der Waals surface area contributed by atoms with Gasteiger partial charge in [-0.2, -0.15) is 0 Å². The summed E-state index contributed by atoms with van der Waals surface area (Å²) < 4.78 is 0. The minimum Gasteiger partial charge on any atom is -0.399 e.